The molecule has 1 unspecified atom stereocenters. The number of carbonyl (C=O) groups is 1. The minimum Gasteiger partial charge on any atom is -0.497 e. The van der Waals surface area contributed by atoms with Gasteiger partial charge in [0, 0.05) is 19.1 Å². The van der Waals surface area contributed by atoms with Gasteiger partial charge < -0.3 is 25.6 Å². The van der Waals surface area contributed by atoms with E-state index in [0.717, 1.165) is 5.56 Å². The number of aliphatic hydroxyl groups is 2. The molecule has 4 N–H and O–H groups in total. The lowest BCUT2D eigenvalue weighted by molar-refractivity contribution is -0.141. The van der Waals surface area contributed by atoms with Crippen molar-refractivity contribution in [3.8, 4) is 5.75 Å². The summed E-state index contributed by atoms with van der Waals surface area (Å²) in [7, 11) is -2.10. The van der Waals surface area contributed by atoms with Gasteiger partial charge in [0.2, 0.25) is 0 Å². The van der Waals surface area contributed by atoms with Crippen LogP contribution in [0.3, 0.4) is 0 Å². The summed E-state index contributed by atoms with van der Waals surface area (Å²) in [5, 5.41) is 21.3. The minimum atomic E-state index is -3.63. The normalized spacial score (nSPS) is 14.4. The molecule has 2 rings (SSSR count). The Hall–Kier alpha value is -2.46. The number of nitrogens with zero attached hydrogens (tertiary/aromatic N) is 1. The first kappa shape index (κ1) is 28.8. The van der Waals surface area contributed by atoms with Crippen LogP contribution in [-0.2, 0) is 27.6 Å². The van der Waals surface area contributed by atoms with Gasteiger partial charge in [-0.25, -0.2) is 8.42 Å². The number of sulfone groups is 1. The van der Waals surface area contributed by atoms with Crippen molar-refractivity contribution in [3.63, 3.8) is 0 Å². The molecule has 0 aliphatic carbocycles. The molecule has 0 saturated heterocycles. The summed E-state index contributed by atoms with van der Waals surface area (Å²) in [6.07, 6.45) is -1.98. The Bertz CT molecular complexity index is 1030. The van der Waals surface area contributed by atoms with E-state index in [1.165, 1.54) is 12.0 Å². The van der Waals surface area contributed by atoms with Crippen LogP contribution in [0.5, 0.6) is 5.75 Å². The van der Waals surface area contributed by atoms with E-state index in [2.05, 4.69) is 0 Å². The highest BCUT2D eigenvalue weighted by atomic mass is 32.2. The summed E-state index contributed by atoms with van der Waals surface area (Å²) in [5.74, 6) is -0.766. The van der Waals surface area contributed by atoms with Gasteiger partial charge in [-0.1, -0.05) is 56.3 Å². The number of benzene rings is 2. The molecular formula is C26H38N2O6S. The molecule has 9 heteroatoms. The smallest absolute Gasteiger partial charge is 0.252 e. The first-order valence-electron chi connectivity index (χ1n) is 11.8. The first-order chi connectivity index (χ1) is 16.5. The van der Waals surface area contributed by atoms with E-state index in [1.807, 2.05) is 44.2 Å². The monoisotopic (exact) mass is 506 g/mol. The van der Waals surface area contributed by atoms with Crippen molar-refractivity contribution >= 4 is 15.7 Å². The Morgan fingerprint density at radius 2 is 1.71 bits per heavy atom. The van der Waals surface area contributed by atoms with Crippen LogP contribution in [0.15, 0.2) is 54.6 Å². The van der Waals surface area contributed by atoms with Crippen molar-refractivity contribution in [2.45, 2.75) is 51.5 Å². The summed E-state index contributed by atoms with van der Waals surface area (Å²) >= 11 is 0. The Labute approximate surface area is 208 Å². The first-order valence-corrected chi connectivity index (χ1v) is 13.6. The van der Waals surface area contributed by atoms with Crippen LogP contribution >= 0.6 is 0 Å². The van der Waals surface area contributed by atoms with Crippen LogP contribution in [0.2, 0.25) is 0 Å². The molecule has 0 radical (unpaired) electrons. The van der Waals surface area contributed by atoms with Crippen LogP contribution < -0.4 is 10.5 Å². The van der Waals surface area contributed by atoms with E-state index in [0.29, 0.717) is 24.2 Å². The van der Waals surface area contributed by atoms with Crippen molar-refractivity contribution in [1.29, 1.82) is 0 Å². The van der Waals surface area contributed by atoms with Crippen molar-refractivity contribution in [2.75, 3.05) is 25.2 Å². The fourth-order valence-corrected chi connectivity index (χ4v) is 5.25. The average Bonchev–Trinajstić information content (AvgIpc) is 2.82. The van der Waals surface area contributed by atoms with Crippen LogP contribution in [0.4, 0.5) is 0 Å². The molecule has 2 aromatic carbocycles. The highest BCUT2D eigenvalue weighted by molar-refractivity contribution is 7.91. The molecule has 0 spiro atoms. The van der Waals surface area contributed by atoms with Gasteiger partial charge in [-0.05, 0) is 42.0 Å². The number of ether oxygens (including phenoxy) is 1. The molecule has 0 saturated carbocycles. The molecule has 194 valence electrons. The van der Waals surface area contributed by atoms with Crippen LogP contribution in [0, 0.1) is 5.92 Å². The molecule has 35 heavy (non-hydrogen) atoms. The minimum absolute atomic E-state index is 0.0499. The van der Waals surface area contributed by atoms with Gasteiger partial charge in [-0.3, -0.25) is 4.79 Å². The van der Waals surface area contributed by atoms with E-state index in [9.17, 15) is 23.4 Å². The number of carbonyl (C=O) groups excluding carboxylic acids is 1. The van der Waals surface area contributed by atoms with Crippen LogP contribution in [0.1, 0.15) is 31.4 Å². The third-order valence-corrected chi connectivity index (χ3v) is 7.42. The molecule has 0 fully saturated rings. The summed E-state index contributed by atoms with van der Waals surface area (Å²) in [4.78, 5) is 14.4. The number of rotatable bonds is 14. The van der Waals surface area contributed by atoms with Gasteiger partial charge >= 0.3 is 0 Å². The molecule has 0 aliphatic heterocycles. The fourth-order valence-electron chi connectivity index (χ4n) is 3.63. The Kier molecular flexibility index (Phi) is 11.2. The highest BCUT2D eigenvalue weighted by Gasteiger charge is 2.30. The summed E-state index contributed by atoms with van der Waals surface area (Å²) in [5.41, 5.74) is 7.87. The van der Waals surface area contributed by atoms with Gasteiger partial charge in [0.25, 0.3) is 5.91 Å². The Balaban J connectivity index is 2.17. The van der Waals surface area contributed by atoms with Gasteiger partial charge in [-0.2, -0.15) is 0 Å². The molecule has 2 aromatic rings. The van der Waals surface area contributed by atoms with Gasteiger partial charge in [0.15, 0.2) is 9.84 Å². The zero-order valence-electron chi connectivity index (χ0n) is 20.7. The summed E-state index contributed by atoms with van der Waals surface area (Å²) < 4.78 is 30.1. The fraction of sp³-hybridized carbons (Fsp3) is 0.500. The third kappa shape index (κ3) is 9.97. The second-order valence-electron chi connectivity index (χ2n) is 9.30. The molecule has 3 atom stereocenters. The molecule has 0 heterocycles. The molecule has 0 bridgehead atoms. The topological polar surface area (TPSA) is 130 Å². The third-order valence-electron chi connectivity index (χ3n) is 5.74. The quantitative estimate of drug-likeness (QED) is 0.356. The molecule has 0 aliphatic rings. The zero-order valence-corrected chi connectivity index (χ0v) is 21.5. The van der Waals surface area contributed by atoms with Crippen molar-refractivity contribution < 1.29 is 28.2 Å². The second-order valence-corrected chi connectivity index (χ2v) is 11.5. The molecule has 1 amide bonds. The standard InChI is InChI=1S/C26H38N2O6S/c1-19(2)12-13-35(32,33)18-25(30)26(31)28(16-21-10-7-11-22(14-21)34-3)17-24(29)23(27)15-20-8-5-4-6-9-20/h4-11,14,19,23-25,29-30H,12-13,15-18,27H2,1-3H3/t23-,24+,25?/m0/s1. The van der Waals surface area contributed by atoms with Crippen molar-refractivity contribution in [1.82, 2.24) is 4.90 Å². The predicted octanol–water partition coefficient (Wildman–Crippen LogP) is 1.78. The van der Waals surface area contributed by atoms with Crippen LogP contribution in [0.25, 0.3) is 0 Å². The van der Waals surface area contributed by atoms with Gasteiger partial charge in [0.05, 0.1) is 24.7 Å². The number of hydrogen-bond donors (Lipinski definition) is 3. The van der Waals surface area contributed by atoms with E-state index >= 15 is 0 Å². The number of methoxy groups -OCH3 is 1. The summed E-state index contributed by atoms with van der Waals surface area (Å²) in [6.45, 7) is 3.71. The van der Waals surface area contributed by atoms with E-state index in [4.69, 9.17) is 10.5 Å². The molecule has 8 nitrogen and oxygen atoms in total. The number of amides is 1. The molecular weight excluding hydrogens is 468 g/mol. The average molecular weight is 507 g/mol. The number of aliphatic hydroxyl groups excluding tert-OH is 2. The predicted molar refractivity (Wildman–Crippen MR) is 137 cm³/mol. The van der Waals surface area contributed by atoms with E-state index in [1.54, 1.807) is 24.3 Å². The lowest BCUT2D eigenvalue weighted by Gasteiger charge is -2.30. The maximum absolute atomic E-state index is 13.2. The lowest BCUT2D eigenvalue weighted by atomic mass is 10.0. The van der Waals surface area contributed by atoms with E-state index < -0.39 is 39.7 Å². The number of hydrogen-bond acceptors (Lipinski definition) is 7. The summed E-state index contributed by atoms with van der Waals surface area (Å²) in [6, 6.07) is 15.8. The van der Waals surface area contributed by atoms with Crippen LogP contribution in [-0.4, -0.2) is 72.8 Å². The Morgan fingerprint density at radius 3 is 2.34 bits per heavy atom. The Morgan fingerprint density at radius 1 is 1.06 bits per heavy atom. The maximum atomic E-state index is 13.2. The SMILES string of the molecule is COc1cccc(CN(C[C@@H](O)[C@@H](N)Cc2ccccc2)C(=O)C(O)CS(=O)(=O)CCC(C)C)c1. The number of nitrogens with two attached hydrogens (primary N) is 1. The molecule has 0 aromatic heterocycles. The zero-order chi connectivity index (χ0) is 26.0. The highest BCUT2D eigenvalue weighted by Crippen LogP contribution is 2.17. The lowest BCUT2D eigenvalue weighted by Crippen LogP contribution is -2.49. The maximum Gasteiger partial charge on any atom is 0.252 e. The van der Waals surface area contributed by atoms with Crippen molar-refractivity contribution in [3.05, 3.63) is 65.7 Å². The van der Waals surface area contributed by atoms with E-state index in [-0.39, 0.29) is 24.8 Å². The van der Waals surface area contributed by atoms with Gasteiger partial charge in [-0.15, -0.1) is 0 Å². The van der Waals surface area contributed by atoms with Gasteiger partial charge in [0.1, 0.15) is 11.9 Å². The van der Waals surface area contributed by atoms with Crippen molar-refractivity contribution in [2.24, 2.45) is 11.7 Å². The largest absolute Gasteiger partial charge is 0.497 e. The second kappa shape index (κ2) is 13.6.